The first-order chi connectivity index (χ1) is 14.0. The zero-order valence-corrected chi connectivity index (χ0v) is 18.1. The Morgan fingerprint density at radius 3 is 2.72 bits per heavy atom. The summed E-state index contributed by atoms with van der Waals surface area (Å²) in [5, 5.41) is 0.0687. The van der Waals surface area contributed by atoms with E-state index in [-0.39, 0.29) is 35.4 Å². The normalized spacial score (nSPS) is 20.7. The largest absolute Gasteiger partial charge is 0.497 e. The van der Waals surface area contributed by atoms with Crippen LogP contribution in [0.5, 0.6) is 5.75 Å². The number of halogens is 1. The zero-order valence-electron chi connectivity index (χ0n) is 15.8. The number of nitrogens with two attached hydrogens (primary N) is 1. The Balaban J connectivity index is 1.72. The lowest BCUT2D eigenvalue weighted by molar-refractivity contribution is -0.142. The molecule has 2 heterocycles. The molecule has 1 amide bonds. The van der Waals surface area contributed by atoms with Crippen LogP contribution in [0.15, 0.2) is 35.5 Å². The maximum atomic E-state index is 12.4. The van der Waals surface area contributed by atoms with Crippen LogP contribution in [0.1, 0.15) is 12.0 Å². The summed E-state index contributed by atoms with van der Waals surface area (Å²) < 4.78 is 16.0. The zero-order chi connectivity index (χ0) is 21.0. The number of amides is 1. The van der Waals surface area contributed by atoms with E-state index in [0.717, 1.165) is 16.9 Å². The van der Waals surface area contributed by atoms with Crippen molar-refractivity contribution < 1.29 is 23.8 Å². The lowest BCUT2D eigenvalue weighted by Gasteiger charge is -2.49. The van der Waals surface area contributed by atoms with Gasteiger partial charge in [0.15, 0.2) is 0 Å². The molecule has 0 bridgehead atoms. The van der Waals surface area contributed by atoms with Crippen LogP contribution < -0.4 is 10.5 Å². The molecule has 1 aromatic rings. The second kappa shape index (κ2) is 9.80. The molecule has 0 saturated carbocycles. The number of β-lactam (4-membered cyclic amide) rings is 1. The van der Waals surface area contributed by atoms with Crippen LogP contribution in [0.3, 0.4) is 0 Å². The fourth-order valence-corrected chi connectivity index (χ4v) is 4.74. The molecule has 0 aromatic heterocycles. The van der Waals surface area contributed by atoms with Gasteiger partial charge >= 0.3 is 5.97 Å². The summed E-state index contributed by atoms with van der Waals surface area (Å²) in [6.07, 6.45) is 0.433. The number of fused-ring (bicyclic) bond motifs is 1. The minimum Gasteiger partial charge on any atom is -0.497 e. The van der Waals surface area contributed by atoms with Crippen molar-refractivity contribution in [3.63, 3.8) is 0 Å². The molecule has 2 N–H and O–H groups in total. The number of methoxy groups -OCH3 is 1. The maximum absolute atomic E-state index is 12.4. The molecular formula is C19H21ClN2O5S2. The number of alkyl halides is 1. The number of hydrogen-bond donors (Lipinski definition) is 1. The van der Waals surface area contributed by atoms with Crippen molar-refractivity contribution in [2.24, 2.45) is 5.73 Å². The minimum atomic E-state index is -0.546. The van der Waals surface area contributed by atoms with Gasteiger partial charge in [0.05, 0.1) is 19.4 Å². The monoisotopic (exact) mass is 456 g/mol. The van der Waals surface area contributed by atoms with Gasteiger partial charge in [-0.1, -0.05) is 12.1 Å². The molecule has 1 fully saturated rings. The molecule has 0 radical (unpaired) electrons. The Bertz CT molecular complexity index is 830. The van der Waals surface area contributed by atoms with E-state index >= 15 is 0 Å². The van der Waals surface area contributed by atoms with Crippen LogP contribution in [-0.2, 0) is 25.7 Å². The third kappa shape index (κ3) is 4.85. The van der Waals surface area contributed by atoms with Crippen molar-refractivity contribution in [1.82, 2.24) is 4.90 Å². The van der Waals surface area contributed by atoms with Crippen molar-refractivity contribution in [3.8, 4) is 5.75 Å². The van der Waals surface area contributed by atoms with E-state index in [0.29, 0.717) is 17.9 Å². The Morgan fingerprint density at radius 1 is 1.34 bits per heavy atom. The smallest absolute Gasteiger partial charge is 0.320 e. The van der Waals surface area contributed by atoms with Gasteiger partial charge in [-0.05, 0) is 35.5 Å². The van der Waals surface area contributed by atoms with E-state index in [1.165, 1.54) is 0 Å². The van der Waals surface area contributed by atoms with Gasteiger partial charge in [-0.2, -0.15) is 0 Å². The van der Waals surface area contributed by atoms with E-state index < -0.39 is 12.0 Å². The van der Waals surface area contributed by atoms with Crippen LogP contribution in [0.2, 0.25) is 0 Å². The molecule has 1 aromatic carbocycles. The van der Waals surface area contributed by atoms with Crippen LogP contribution >= 0.6 is 35.6 Å². The summed E-state index contributed by atoms with van der Waals surface area (Å²) >= 11 is 12.5. The Labute approximate surface area is 183 Å². The third-order valence-corrected chi connectivity index (χ3v) is 6.48. The second-order valence-corrected chi connectivity index (χ2v) is 8.16. The third-order valence-electron chi connectivity index (χ3n) is 4.59. The number of carbonyl (C=O) groups excluding carboxylic acids is 2. The molecule has 156 valence electrons. The highest BCUT2D eigenvalue weighted by Crippen LogP contribution is 2.41. The van der Waals surface area contributed by atoms with E-state index in [4.69, 9.17) is 43.8 Å². The Kier molecular flexibility index (Phi) is 7.39. The Morgan fingerprint density at radius 2 is 2.07 bits per heavy atom. The van der Waals surface area contributed by atoms with Crippen molar-refractivity contribution in [2.45, 2.75) is 24.4 Å². The SMILES string of the molecule is COc1ccc(COC(=S)C2=C(CCOC(=O)CCl)CS[C@@H]3[C@H](N)C(=O)N23)cc1. The Hall–Kier alpha value is -1.81. The number of carbonyl (C=O) groups is 2. The summed E-state index contributed by atoms with van der Waals surface area (Å²) in [7, 11) is 1.60. The highest BCUT2D eigenvalue weighted by Gasteiger charge is 2.51. The van der Waals surface area contributed by atoms with Crippen molar-refractivity contribution >= 4 is 52.5 Å². The number of nitrogens with zero attached hydrogens (tertiary/aromatic N) is 1. The van der Waals surface area contributed by atoms with E-state index in [1.54, 1.807) is 23.8 Å². The molecule has 2 aliphatic heterocycles. The highest BCUT2D eigenvalue weighted by atomic mass is 35.5. The molecule has 10 heteroatoms. The summed E-state index contributed by atoms with van der Waals surface area (Å²) in [4.78, 5) is 25.2. The predicted octanol–water partition coefficient (Wildman–Crippen LogP) is 2.21. The van der Waals surface area contributed by atoms with E-state index in [9.17, 15) is 9.59 Å². The standard InChI is InChI=1S/C19H21ClN2O5S2/c1-25-13-4-2-11(3-5-13)9-27-19(28)16-12(6-7-26-14(23)8-20)10-29-18-15(21)17(24)22(16)18/h2-5,15,18H,6-10,21H2,1H3/t15-,18-/m1/s1. The lowest BCUT2D eigenvalue weighted by atomic mass is 10.0. The molecule has 3 rings (SSSR count). The molecule has 7 nitrogen and oxygen atoms in total. The van der Waals surface area contributed by atoms with Gasteiger partial charge < -0.3 is 19.9 Å². The van der Waals surface area contributed by atoms with Crippen molar-refractivity contribution in [3.05, 3.63) is 41.1 Å². The van der Waals surface area contributed by atoms with Crippen LogP contribution in [0.25, 0.3) is 0 Å². The van der Waals surface area contributed by atoms with Gasteiger partial charge in [-0.3, -0.25) is 14.5 Å². The van der Waals surface area contributed by atoms with Crippen molar-refractivity contribution in [1.29, 1.82) is 0 Å². The van der Waals surface area contributed by atoms with E-state index in [1.807, 2.05) is 24.3 Å². The number of rotatable bonds is 8. The molecule has 2 atom stereocenters. The van der Waals surface area contributed by atoms with Gasteiger partial charge in [0, 0.05) is 12.2 Å². The first-order valence-electron chi connectivity index (χ1n) is 8.90. The lowest BCUT2D eigenvalue weighted by Crippen LogP contribution is -2.68. The number of hydrogen-bond acceptors (Lipinski definition) is 8. The molecule has 0 unspecified atom stereocenters. The summed E-state index contributed by atoms with van der Waals surface area (Å²) in [5.41, 5.74) is 8.28. The average Bonchev–Trinajstić information content (AvgIpc) is 2.76. The van der Waals surface area contributed by atoms with Crippen LogP contribution in [-0.4, -0.2) is 58.6 Å². The molecular weight excluding hydrogens is 436 g/mol. The van der Waals surface area contributed by atoms with Crippen LogP contribution in [0.4, 0.5) is 0 Å². The molecule has 29 heavy (non-hydrogen) atoms. The van der Waals surface area contributed by atoms with E-state index in [2.05, 4.69) is 0 Å². The second-order valence-electron chi connectivity index (χ2n) is 6.42. The fourth-order valence-electron chi connectivity index (χ4n) is 3.03. The summed E-state index contributed by atoms with van der Waals surface area (Å²) in [6, 6.07) is 6.89. The topological polar surface area (TPSA) is 91.1 Å². The summed E-state index contributed by atoms with van der Waals surface area (Å²) in [6.45, 7) is 0.414. The average molecular weight is 457 g/mol. The predicted molar refractivity (Wildman–Crippen MR) is 115 cm³/mol. The highest BCUT2D eigenvalue weighted by molar-refractivity contribution is 8.00. The van der Waals surface area contributed by atoms with Gasteiger partial charge in [-0.15, -0.1) is 23.4 Å². The van der Waals surface area contributed by atoms with Gasteiger partial charge in [0.1, 0.15) is 29.7 Å². The first kappa shape index (κ1) is 21.9. The molecule has 1 saturated heterocycles. The van der Waals surface area contributed by atoms with Gasteiger partial charge in [-0.25, -0.2) is 0 Å². The van der Waals surface area contributed by atoms with Crippen molar-refractivity contribution in [2.75, 3.05) is 25.3 Å². The fraction of sp³-hybridized carbons (Fsp3) is 0.421. The molecule has 2 aliphatic rings. The first-order valence-corrected chi connectivity index (χ1v) is 10.9. The number of benzene rings is 1. The maximum Gasteiger partial charge on any atom is 0.320 e. The number of ether oxygens (including phenoxy) is 3. The molecule has 0 spiro atoms. The summed E-state index contributed by atoms with van der Waals surface area (Å²) in [5.74, 6) is 0.492. The quantitative estimate of drug-likeness (QED) is 0.275. The number of esters is 1. The van der Waals surface area contributed by atoms with Gasteiger partial charge in [0.25, 0.3) is 0 Å². The van der Waals surface area contributed by atoms with Gasteiger partial charge in [0.2, 0.25) is 11.0 Å². The van der Waals surface area contributed by atoms with Crippen LogP contribution in [0, 0.1) is 0 Å². The number of thiocarbonyl (C=S) groups is 1. The number of thioether (sulfide) groups is 1. The molecule has 0 aliphatic carbocycles. The minimum absolute atomic E-state index is 0.158.